The van der Waals surface area contributed by atoms with Crippen molar-refractivity contribution in [2.45, 2.75) is 38.1 Å². The first-order valence-electron chi connectivity index (χ1n) is 9.18. The highest BCUT2D eigenvalue weighted by molar-refractivity contribution is 5.96. The van der Waals surface area contributed by atoms with Crippen molar-refractivity contribution in [2.24, 2.45) is 17.4 Å². The number of benzene rings is 1. The van der Waals surface area contributed by atoms with Crippen LogP contribution >= 0.6 is 0 Å². The van der Waals surface area contributed by atoms with Crippen LogP contribution in [0.1, 0.15) is 42.5 Å². The fraction of sp³-hybridized carbons (Fsp3) is 0.579. The molecule has 1 saturated carbocycles. The van der Waals surface area contributed by atoms with Gasteiger partial charge in [-0.15, -0.1) is 0 Å². The average Bonchev–Trinajstić information content (AvgIpc) is 2.69. The van der Waals surface area contributed by atoms with Crippen LogP contribution in [-0.2, 0) is 4.79 Å². The van der Waals surface area contributed by atoms with Gasteiger partial charge in [0.05, 0.1) is 14.2 Å². The van der Waals surface area contributed by atoms with E-state index in [4.69, 9.17) is 25.7 Å². The Hall–Kier alpha value is -2.48. The molecular weight excluding hydrogens is 350 g/mol. The first-order valence-corrected chi connectivity index (χ1v) is 9.18. The summed E-state index contributed by atoms with van der Waals surface area (Å²) in [7, 11) is 2.89. The maximum absolute atomic E-state index is 12.8. The van der Waals surface area contributed by atoms with Gasteiger partial charge in [0.1, 0.15) is 0 Å². The monoisotopic (exact) mass is 379 g/mol. The summed E-state index contributed by atoms with van der Waals surface area (Å²) in [5.41, 5.74) is 11.4. The zero-order valence-corrected chi connectivity index (χ0v) is 16.0. The molecule has 1 atom stereocenters. The van der Waals surface area contributed by atoms with Crippen LogP contribution in [0, 0.1) is 5.92 Å². The van der Waals surface area contributed by atoms with Crippen LogP contribution in [0.2, 0.25) is 0 Å². The molecule has 5 N–H and O–H groups in total. The third kappa shape index (κ3) is 5.50. The van der Waals surface area contributed by atoms with Gasteiger partial charge in [-0.3, -0.25) is 9.59 Å². The lowest BCUT2D eigenvalue weighted by Gasteiger charge is -2.30. The molecule has 0 aliphatic heterocycles. The summed E-state index contributed by atoms with van der Waals surface area (Å²) < 4.78 is 16.0. The molecule has 0 spiro atoms. The Morgan fingerprint density at radius 1 is 1.15 bits per heavy atom. The lowest BCUT2D eigenvalue weighted by molar-refractivity contribution is -0.120. The summed E-state index contributed by atoms with van der Waals surface area (Å²) in [5.74, 6) is 0.298. The predicted octanol–water partition coefficient (Wildman–Crippen LogP) is 1.21. The maximum Gasteiger partial charge on any atom is 0.255 e. The van der Waals surface area contributed by atoms with Gasteiger partial charge in [0, 0.05) is 18.2 Å². The van der Waals surface area contributed by atoms with Crippen molar-refractivity contribution in [3.8, 4) is 17.2 Å². The van der Waals surface area contributed by atoms with E-state index in [2.05, 4.69) is 5.32 Å². The van der Waals surface area contributed by atoms with Crippen molar-refractivity contribution < 1.29 is 23.8 Å². The van der Waals surface area contributed by atoms with Gasteiger partial charge < -0.3 is 31.0 Å². The van der Waals surface area contributed by atoms with Crippen molar-refractivity contribution >= 4 is 11.8 Å². The fourth-order valence-corrected chi connectivity index (χ4v) is 3.45. The number of ether oxygens (including phenoxy) is 3. The van der Waals surface area contributed by atoms with Crippen LogP contribution < -0.4 is 31.0 Å². The lowest BCUT2D eigenvalue weighted by atomic mass is 9.84. The molecule has 8 heteroatoms. The molecule has 0 bridgehead atoms. The van der Waals surface area contributed by atoms with Crippen molar-refractivity contribution in [1.82, 2.24) is 5.32 Å². The lowest BCUT2D eigenvalue weighted by Crippen LogP contribution is -2.45. The number of primary amides is 1. The molecule has 1 fully saturated rings. The van der Waals surface area contributed by atoms with Gasteiger partial charge >= 0.3 is 0 Å². The molecule has 1 aromatic carbocycles. The summed E-state index contributed by atoms with van der Waals surface area (Å²) in [6.45, 7) is 0.0691. The fourth-order valence-electron chi connectivity index (χ4n) is 3.45. The van der Waals surface area contributed by atoms with E-state index >= 15 is 0 Å². The molecule has 1 aromatic rings. The summed E-state index contributed by atoms with van der Waals surface area (Å²) in [4.78, 5) is 23.8. The SMILES string of the molecule is COc1cc(C(=O)NC(CN)C2CCCCC2)cc(OC)c1OCC(N)=O. The van der Waals surface area contributed by atoms with E-state index in [1.165, 1.54) is 33.5 Å². The molecule has 2 amide bonds. The van der Waals surface area contributed by atoms with Crippen LogP contribution in [-0.4, -0.2) is 45.2 Å². The molecule has 1 aliphatic carbocycles. The number of nitrogens with one attached hydrogen (secondary N) is 1. The zero-order valence-electron chi connectivity index (χ0n) is 16.0. The minimum atomic E-state index is -0.626. The normalized spacial score (nSPS) is 15.7. The van der Waals surface area contributed by atoms with E-state index in [1.807, 2.05) is 0 Å². The number of hydrogen-bond donors (Lipinski definition) is 3. The number of amides is 2. The molecule has 8 nitrogen and oxygen atoms in total. The standard InChI is InChI=1S/C19H29N3O5/c1-25-15-8-13(9-16(26-2)18(15)27-11-17(21)23)19(24)22-14(10-20)12-6-4-3-5-7-12/h8-9,12,14H,3-7,10-11,20H2,1-2H3,(H2,21,23)(H,22,24). The van der Waals surface area contributed by atoms with Crippen molar-refractivity contribution in [2.75, 3.05) is 27.4 Å². The number of nitrogens with two attached hydrogens (primary N) is 2. The molecule has 0 saturated heterocycles. The Morgan fingerprint density at radius 3 is 2.22 bits per heavy atom. The van der Waals surface area contributed by atoms with Gasteiger partial charge in [0.15, 0.2) is 18.1 Å². The van der Waals surface area contributed by atoms with Gasteiger partial charge in [-0.2, -0.15) is 0 Å². The average molecular weight is 379 g/mol. The third-order valence-electron chi connectivity index (χ3n) is 4.87. The van der Waals surface area contributed by atoms with Gasteiger partial charge in [0.25, 0.3) is 11.8 Å². The number of hydrogen-bond acceptors (Lipinski definition) is 6. The third-order valence-corrected chi connectivity index (χ3v) is 4.87. The van der Waals surface area contributed by atoms with E-state index in [0.717, 1.165) is 12.8 Å². The summed E-state index contributed by atoms with van der Waals surface area (Å²) in [5, 5.41) is 3.04. The molecule has 27 heavy (non-hydrogen) atoms. The second-order valence-corrected chi connectivity index (χ2v) is 6.68. The Bertz CT molecular complexity index is 634. The van der Waals surface area contributed by atoms with Crippen LogP contribution in [0.3, 0.4) is 0 Å². The highest BCUT2D eigenvalue weighted by Crippen LogP contribution is 2.38. The Kier molecular flexibility index (Phi) is 7.72. The first-order chi connectivity index (χ1) is 13.0. The molecule has 0 radical (unpaired) electrons. The number of methoxy groups -OCH3 is 2. The minimum Gasteiger partial charge on any atom is -0.493 e. The van der Waals surface area contributed by atoms with Gasteiger partial charge in [-0.05, 0) is 30.9 Å². The maximum atomic E-state index is 12.8. The number of carbonyl (C=O) groups is 2. The second kappa shape index (κ2) is 10.0. The second-order valence-electron chi connectivity index (χ2n) is 6.68. The van der Waals surface area contributed by atoms with E-state index in [0.29, 0.717) is 18.0 Å². The van der Waals surface area contributed by atoms with E-state index in [9.17, 15) is 9.59 Å². The van der Waals surface area contributed by atoms with Crippen LogP contribution in [0.25, 0.3) is 0 Å². The zero-order chi connectivity index (χ0) is 19.8. The van der Waals surface area contributed by atoms with Crippen LogP contribution in [0.4, 0.5) is 0 Å². The predicted molar refractivity (Wildman–Crippen MR) is 101 cm³/mol. The molecule has 1 aliphatic rings. The quantitative estimate of drug-likeness (QED) is 0.592. The van der Waals surface area contributed by atoms with Gasteiger partial charge in [-0.25, -0.2) is 0 Å². The summed E-state index contributed by atoms with van der Waals surface area (Å²) in [6, 6.07) is 3.02. The number of rotatable bonds is 9. The Balaban J connectivity index is 2.20. The smallest absolute Gasteiger partial charge is 0.255 e. The minimum absolute atomic E-state index is 0.0689. The van der Waals surface area contributed by atoms with Crippen molar-refractivity contribution in [1.29, 1.82) is 0 Å². The molecule has 2 rings (SSSR count). The molecule has 1 unspecified atom stereocenters. The van der Waals surface area contributed by atoms with Crippen LogP contribution in [0.5, 0.6) is 17.2 Å². The van der Waals surface area contributed by atoms with Gasteiger partial charge in [-0.1, -0.05) is 19.3 Å². The summed E-state index contributed by atoms with van der Waals surface area (Å²) >= 11 is 0. The van der Waals surface area contributed by atoms with Crippen molar-refractivity contribution in [3.63, 3.8) is 0 Å². The van der Waals surface area contributed by atoms with Crippen LogP contribution in [0.15, 0.2) is 12.1 Å². The number of carbonyl (C=O) groups excluding carboxylic acids is 2. The Morgan fingerprint density at radius 2 is 1.74 bits per heavy atom. The van der Waals surface area contributed by atoms with E-state index in [-0.39, 0.29) is 35.8 Å². The first kappa shape index (κ1) is 20.8. The topological polar surface area (TPSA) is 126 Å². The van der Waals surface area contributed by atoms with Gasteiger partial charge in [0.2, 0.25) is 5.75 Å². The molecule has 0 aromatic heterocycles. The molecular formula is C19H29N3O5. The van der Waals surface area contributed by atoms with Crippen molar-refractivity contribution in [3.05, 3.63) is 17.7 Å². The van der Waals surface area contributed by atoms with E-state index in [1.54, 1.807) is 12.1 Å². The highest BCUT2D eigenvalue weighted by Gasteiger charge is 2.25. The summed E-state index contributed by atoms with van der Waals surface area (Å²) in [6.07, 6.45) is 5.74. The van der Waals surface area contributed by atoms with E-state index < -0.39 is 5.91 Å². The highest BCUT2D eigenvalue weighted by atomic mass is 16.5. The Labute approximate surface area is 159 Å². The largest absolute Gasteiger partial charge is 0.493 e. The molecule has 0 heterocycles. The molecule has 150 valence electrons.